The molecular formula is C57H47N3. The summed E-state index contributed by atoms with van der Waals surface area (Å²) in [5.41, 5.74) is 17.8. The number of rotatable bonds is 11. The number of nitrogens with zero attached hydrogens (tertiary/aromatic N) is 3. The van der Waals surface area contributed by atoms with Crippen molar-refractivity contribution in [2.75, 3.05) is 14.7 Å². The summed E-state index contributed by atoms with van der Waals surface area (Å²) < 4.78 is 0. The molecule has 0 saturated heterocycles. The molecule has 0 saturated carbocycles. The summed E-state index contributed by atoms with van der Waals surface area (Å²) in [7, 11) is 0. The van der Waals surface area contributed by atoms with E-state index in [1.807, 2.05) is 0 Å². The fourth-order valence-corrected chi connectivity index (χ4v) is 8.13. The van der Waals surface area contributed by atoms with E-state index < -0.39 is 0 Å². The van der Waals surface area contributed by atoms with Crippen LogP contribution in [0.5, 0.6) is 0 Å². The molecule has 0 N–H and O–H groups in total. The Labute approximate surface area is 354 Å². The van der Waals surface area contributed by atoms with Gasteiger partial charge >= 0.3 is 0 Å². The molecule has 0 aliphatic rings. The SMILES string of the molecule is Cc1ccc(N(c2ccc(C)cc2N(c2ccccc2)c2ccccc2)c2ccc(C)cc2N(c2ccccc2)c2ccccc2)c(-c2cccc(-c3ccccc3)c2)c1. The highest BCUT2D eigenvalue weighted by Crippen LogP contribution is 2.52. The van der Waals surface area contributed by atoms with Gasteiger partial charge in [-0.05, 0) is 140 Å². The molecule has 9 aromatic carbocycles. The quantitative estimate of drug-likeness (QED) is 0.130. The fraction of sp³-hybridized carbons (Fsp3) is 0.0526. The number of para-hydroxylation sites is 4. The van der Waals surface area contributed by atoms with Crippen molar-refractivity contribution in [2.45, 2.75) is 20.8 Å². The molecule has 60 heavy (non-hydrogen) atoms. The van der Waals surface area contributed by atoms with Crippen LogP contribution in [-0.2, 0) is 0 Å². The molecule has 9 aromatic rings. The van der Waals surface area contributed by atoms with Gasteiger partial charge in [0.05, 0.1) is 28.4 Å². The largest absolute Gasteiger partial charge is 0.308 e. The van der Waals surface area contributed by atoms with Crippen LogP contribution in [0.25, 0.3) is 22.3 Å². The molecule has 0 bridgehead atoms. The van der Waals surface area contributed by atoms with Crippen LogP contribution >= 0.6 is 0 Å². The van der Waals surface area contributed by atoms with E-state index in [-0.39, 0.29) is 0 Å². The second-order valence-electron chi connectivity index (χ2n) is 15.3. The van der Waals surface area contributed by atoms with E-state index in [0.29, 0.717) is 0 Å². The van der Waals surface area contributed by atoms with Gasteiger partial charge in [0, 0.05) is 28.3 Å². The van der Waals surface area contributed by atoms with Crippen LogP contribution in [0.1, 0.15) is 16.7 Å². The fourth-order valence-electron chi connectivity index (χ4n) is 8.13. The summed E-state index contributed by atoms with van der Waals surface area (Å²) in [6.45, 7) is 6.55. The van der Waals surface area contributed by atoms with E-state index >= 15 is 0 Å². The molecule has 0 radical (unpaired) electrons. The molecule has 0 heterocycles. The Kier molecular flexibility index (Phi) is 10.8. The van der Waals surface area contributed by atoms with E-state index in [1.165, 1.54) is 27.8 Å². The maximum Gasteiger partial charge on any atom is 0.0705 e. The smallest absolute Gasteiger partial charge is 0.0705 e. The zero-order valence-electron chi connectivity index (χ0n) is 34.3. The number of benzene rings is 9. The lowest BCUT2D eigenvalue weighted by Gasteiger charge is -2.37. The first-order valence-electron chi connectivity index (χ1n) is 20.6. The third-order valence-electron chi connectivity index (χ3n) is 11.0. The Morgan fingerprint density at radius 2 is 0.583 bits per heavy atom. The molecule has 0 amide bonds. The average molecular weight is 774 g/mol. The van der Waals surface area contributed by atoms with Gasteiger partial charge in [-0.25, -0.2) is 0 Å². The van der Waals surface area contributed by atoms with Crippen molar-refractivity contribution in [3.8, 4) is 22.3 Å². The third kappa shape index (κ3) is 7.81. The van der Waals surface area contributed by atoms with E-state index in [1.54, 1.807) is 0 Å². The van der Waals surface area contributed by atoms with Crippen molar-refractivity contribution in [2.24, 2.45) is 0 Å². The topological polar surface area (TPSA) is 9.72 Å². The number of hydrogen-bond donors (Lipinski definition) is 0. The van der Waals surface area contributed by atoms with Crippen molar-refractivity contribution in [3.05, 3.63) is 247 Å². The zero-order chi connectivity index (χ0) is 40.8. The Bertz CT molecular complexity index is 2630. The van der Waals surface area contributed by atoms with Crippen LogP contribution in [0.4, 0.5) is 51.2 Å². The van der Waals surface area contributed by atoms with E-state index in [9.17, 15) is 0 Å². The highest BCUT2D eigenvalue weighted by atomic mass is 15.2. The first-order valence-corrected chi connectivity index (χ1v) is 20.6. The minimum atomic E-state index is 1.05. The summed E-state index contributed by atoms with van der Waals surface area (Å²) in [6.07, 6.45) is 0. The Balaban J connectivity index is 1.37. The predicted octanol–water partition coefficient (Wildman–Crippen LogP) is 16.4. The van der Waals surface area contributed by atoms with Crippen LogP contribution < -0.4 is 14.7 Å². The number of anilines is 9. The minimum Gasteiger partial charge on any atom is -0.308 e. The summed E-state index contributed by atoms with van der Waals surface area (Å²) in [5.74, 6) is 0. The monoisotopic (exact) mass is 773 g/mol. The van der Waals surface area contributed by atoms with Gasteiger partial charge in [0.25, 0.3) is 0 Å². The first-order chi connectivity index (χ1) is 29.5. The van der Waals surface area contributed by atoms with E-state index in [0.717, 1.165) is 62.3 Å². The van der Waals surface area contributed by atoms with Gasteiger partial charge in [-0.15, -0.1) is 0 Å². The molecule has 0 fully saturated rings. The predicted molar refractivity (Wildman–Crippen MR) is 256 cm³/mol. The molecule has 0 aliphatic carbocycles. The van der Waals surface area contributed by atoms with Crippen molar-refractivity contribution >= 4 is 51.2 Å². The highest BCUT2D eigenvalue weighted by molar-refractivity contribution is 6.00. The summed E-state index contributed by atoms with van der Waals surface area (Å²) in [6, 6.07) is 83.1. The molecule has 290 valence electrons. The van der Waals surface area contributed by atoms with E-state index in [4.69, 9.17) is 0 Å². The molecule has 9 rings (SSSR count). The van der Waals surface area contributed by atoms with Gasteiger partial charge in [-0.1, -0.05) is 145 Å². The van der Waals surface area contributed by atoms with Gasteiger partial charge in [-0.2, -0.15) is 0 Å². The summed E-state index contributed by atoms with van der Waals surface area (Å²) >= 11 is 0. The molecule has 3 heteroatoms. The summed E-state index contributed by atoms with van der Waals surface area (Å²) in [4.78, 5) is 7.27. The number of hydrogen-bond acceptors (Lipinski definition) is 3. The van der Waals surface area contributed by atoms with Gasteiger partial charge in [-0.3, -0.25) is 0 Å². The Hall–Kier alpha value is -7.62. The van der Waals surface area contributed by atoms with Crippen LogP contribution in [0.15, 0.2) is 231 Å². The van der Waals surface area contributed by atoms with Crippen LogP contribution in [-0.4, -0.2) is 0 Å². The van der Waals surface area contributed by atoms with Gasteiger partial charge in [0.15, 0.2) is 0 Å². The maximum atomic E-state index is 2.49. The van der Waals surface area contributed by atoms with Crippen molar-refractivity contribution in [1.29, 1.82) is 0 Å². The second kappa shape index (κ2) is 17.1. The third-order valence-corrected chi connectivity index (χ3v) is 11.0. The Morgan fingerprint density at radius 3 is 1.02 bits per heavy atom. The average Bonchev–Trinajstić information content (AvgIpc) is 3.30. The van der Waals surface area contributed by atoms with Crippen molar-refractivity contribution in [3.63, 3.8) is 0 Å². The van der Waals surface area contributed by atoms with E-state index in [2.05, 4.69) is 266 Å². The normalized spacial score (nSPS) is 10.9. The maximum absolute atomic E-state index is 2.49. The lowest BCUT2D eigenvalue weighted by atomic mass is 9.95. The van der Waals surface area contributed by atoms with Gasteiger partial charge in [0.1, 0.15) is 0 Å². The first kappa shape index (κ1) is 37.9. The standard InChI is InChI=1S/C57H47N3/c1-42-32-35-53(52(38-42)47-23-19-22-46(41-47)45-20-9-4-10-21-45)60(54-36-33-43(2)39-56(54)58(48-24-11-5-12-25-48)49-26-13-6-14-27-49)55-37-34-44(3)40-57(55)59(50-28-15-7-16-29-50)51-30-17-8-18-31-51/h4-41H,1-3H3. The van der Waals surface area contributed by atoms with Gasteiger partial charge < -0.3 is 14.7 Å². The molecule has 0 atom stereocenters. The lowest BCUT2D eigenvalue weighted by molar-refractivity contribution is 1.19. The number of aryl methyl sites for hydroxylation is 3. The second-order valence-corrected chi connectivity index (χ2v) is 15.3. The van der Waals surface area contributed by atoms with Crippen LogP contribution in [0, 0.1) is 20.8 Å². The van der Waals surface area contributed by atoms with Gasteiger partial charge in [0.2, 0.25) is 0 Å². The van der Waals surface area contributed by atoms with Crippen LogP contribution in [0.3, 0.4) is 0 Å². The van der Waals surface area contributed by atoms with Crippen molar-refractivity contribution < 1.29 is 0 Å². The summed E-state index contributed by atoms with van der Waals surface area (Å²) in [5, 5.41) is 0. The molecule has 0 aromatic heterocycles. The highest BCUT2D eigenvalue weighted by Gasteiger charge is 2.28. The zero-order valence-corrected chi connectivity index (χ0v) is 34.3. The molecule has 0 aliphatic heterocycles. The van der Waals surface area contributed by atoms with Crippen molar-refractivity contribution in [1.82, 2.24) is 0 Å². The minimum absolute atomic E-state index is 1.05. The molecular weight excluding hydrogens is 727 g/mol. The molecule has 3 nitrogen and oxygen atoms in total. The van der Waals surface area contributed by atoms with Crippen LogP contribution in [0.2, 0.25) is 0 Å². The molecule has 0 unspecified atom stereocenters. The Morgan fingerprint density at radius 1 is 0.233 bits per heavy atom. The lowest BCUT2D eigenvalue weighted by Crippen LogP contribution is -2.20. The molecule has 0 spiro atoms.